The number of rotatable bonds is 5. The van der Waals surface area contributed by atoms with Gasteiger partial charge < -0.3 is 5.32 Å². The van der Waals surface area contributed by atoms with Gasteiger partial charge in [-0.15, -0.1) is 10.2 Å². The van der Waals surface area contributed by atoms with Crippen molar-refractivity contribution in [1.82, 2.24) is 20.2 Å². The molecule has 1 amide bonds. The van der Waals surface area contributed by atoms with Gasteiger partial charge in [-0.25, -0.2) is 0 Å². The molecule has 0 atom stereocenters. The van der Waals surface area contributed by atoms with Crippen molar-refractivity contribution < 1.29 is 4.79 Å². The van der Waals surface area contributed by atoms with Gasteiger partial charge in [0.05, 0.1) is 5.02 Å². The Hall–Kier alpha value is -2.73. The first kappa shape index (κ1) is 17.1. The minimum Gasteiger partial charge on any atom is -0.324 e. The van der Waals surface area contributed by atoms with Crippen LogP contribution in [-0.2, 0) is 17.8 Å². The maximum atomic E-state index is 12.3. The Bertz CT molecular complexity index is 906. The molecular weight excluding hydrogens is 338 g/mol. The third-order valence-electron chi connectivity index (χ3n) is 3.86. The van der Waals surface area contributed by atoms with Crippen LogP contribution < -0.4 is 5.32 Å². The van der Waals surface area contributed by atoms with E-state index in [1.165, 1.54) is 4.80 Å². The predicted molar refractivity (Wildman–Crippen MR) is 97.4 cm³/mol. The molecule has 0 aliphatic carbocycles. The van der Waals surface area contributed by atoms with E-state index in [9.17, 15) is 4.79 Å². The van der Waals surface area contributed by atoms with Crippen molar-refractivity contribution >= 4 is 23.2 Å². The fourth-order valence-corrected chi connectivity index (χ4v) is 2.79. The lowest BCUT2D eigenvalue weighted by Crippen LogP contribution is -2.21. The summed E-state index contributed by atoms with van der Waals surface area (Å²) in [5.74, 6) is 0.190. The van der Waals surface area contributed by atoms with Crippen molar-refractivity contribution in [3.05, 3.63) is 58.6 Å². The van der Waals surface area contributed by atoms with Gasteiger partial charge in [-0.3, -0.25) is 4.79 Å². The SMILES string of the molecule is CCc1cccc(C)c1NC(=O)Cn1nnc(-c2ccccc2Cl)n1. The molecule has 0 aliphatic rings. The largest absolute Gasteiger partial charge is 0.324 e. The van der Waals surface area contributed by atoms with E-state index in [0.29, 0.717) is 16.4 Å². The molecule has 0 saturated carbocycles. The Labute approximate surface area is 150 Å². The summed E-state index contributed by atoms with van der Waals surface area (Å²) < 4.78 is 0. The first-order chi connectivity index (χ1) is 12.1. The second-order valence-electron chi connectivity index (χ2n) is 5.63. The first-order valence-electron chi connectivity index (χ1n) is 7.99. The molecule has 3 rings (SSSR count). The van der Waals surface area contributed by atoms with Crippen molar-refractivity contribution in [2.75, 3.05) is 5.32 Å². The summed E-state index contributed by atoms with van der Waals surface area (Å²) in [6, 6.07) is 13.2. The van der Waals surface area contributed by atoms with Crippen LogP contribution >= 0.6 is 11.6 Å². The number of hydrogen-bond donors (Lipinski definition) is 1. The second kappa shape index (κ2) is 7.44. The number of amides is 1. The second-order valence-corrected chi connectivity index (χ2v) is 6.04. The summed E-state index contributed by atoms with van der Waals surface area (Å²) in [7, 11) is 0. The number of hydrogen-bond acceptors (Lipinski definition) is 4. The van der Waals surface area contributed by atoms with E-state index in [2.05, 4.69) is 27.7 Å². The van der Waals surface area contributed by atoms with Crippen molar-refractivity contribution in [1.29, 1.82) is 0 Å². The molecule has 0 radical (unpaired) electrons. The number of aryl methyl sites for hydroxylation is 2. The monoisotopic (exact) mass is 355 g/mol. The van der Waals surface area contributed by atoms with E-state index in [1.807, 2.05) is 43.3 Å². The third kappa shape index (κ3) is 3.85. The number of para-hydroxylation sites is 1. The molecule has 6 nitrogen and oxygen atoms in total. The zero-order valence-corrected chi connectivity index (χ0v) is 14.8. The minimum absolute atomic E-state index is 0.0189. The van der Waals surface area contributed by atoms with Crippen LogP contribution in [0.4, 0.5) is 5.69 Å². The molecule has 0 unspecified atom stereocenters. The van der Waals surface area contributed by atoms with Crippen molar-refractivity contribution in [3.8, 4) is 11.4 Å². The molecule has 1 aromatic heterocycles. The number of benzene rings is 2. The molecule has 2 aromatic carbocycles. The van der Waals surface area contributed by atoms with Crippen LogP contribution in [-0.4, -0.2) is 26.1 Å². The molecule has 0 fully saturated rings. The Morgan fingerprint density at radius 2 is 2.00 bits per heavy atom. The van der Waals surface area contributed by atoms with Gasteiger partial charge in [-0.1, -0.05) is 48.9 Å². The van der Waals surface area contributed by atoms with Crippen molar-refractivity contribution in [2.24, 2.45) is 0 Å². The number of nitrogens with zero attached hydrogens (tertiary/aromatic N) is 4. The zero-order chi connectivity index (χ0) is 17.8. The Morgan fingerprint density at radius 1 is 1.20 bits per heavy atom. The Morgan fingerprint density at radius 3 is 2.76 bits per heavy atom. The van der Waals surface area contributed by atoms with Crippen molar-refractivity contribution in [3.63, 3.8) is 0 Å². The van der Waals surface area contributed by atoms with E-state index in [0.717, 1.165) is 23.2 Å². The normalized spacial score (nSPS) is 10.7. The van der Waals surface area contributed by atoms with E-state index < -0.39 is 0 Å². The minimum atomic E-state index is -0.202. The number of anilines is 1. The van der Waals surface area contributed by atoms with Crippen LogP contribution in [0.25, 0.3) is 11.4 Å². The van der Waals surface area contributed by atoms with Gasteiger partial charge in [0, 0.05) is 11.3 Å². The lowest BCUT2D eigenvalue weighted by atomic mass is 10.1. The number of carbonyl (C=O) groups excluding carboxylic acids is 1. The lowest BCUT2D eigenvalue weighted by Gasteiger charge is -2.12. The van der Waals surface area contributed by atoms with Crippen LogP contribution in [0.1, 0.15) is 18.1 Å². The van der Waals surface area contributed by atoms with Crippen LogP contribution in [0.2, 0.25) is 5.02 Å². The Balaban J connectivity index is 1.74. The van der Waals surface area contributed by atoms with Gasteiger partial charge in [-0.05, 0) is 41.8 Å². The van der Waals surface area contributed by atoms with Crippen molar-refractivity contribution in [2.45, 2.75) is 26.8 Å². The molecule has 3 aromatic rings. The quantitative estimate of drug-likeness (QED) is 0.760. The highest BCUT2D eigenvalue weighted by Gasteiger charge is 2.13. The topological polar surface area (TPSA) is 72.7 Å². The molecule has 0 saturated heterocycles. The molecule has 128 valence electrons. The van der Waals surface area contributed by atoms with Gasteiger partial charge in [0.25, 0.3) is 0 Å². The van der Waals surface area contributed by atoms with Crippen LogP contribution in [0.5, 0.6) is 0 Å². The zero-order valence-electron chi connectivity index (χ0n) is 14.0. The number of tetrazole rings is 1. The highest BCUT2D eigenvalue weighted by atomic mass is 35.5. The van der Waals surface area contributed by atoms with Gasteiger partial charge in [0.1, 0.15) is 6.54 Å². The average Bonchev–Trinajstić information content (AvgIpc) is 3.05. The first-order valence-corrected chi connectivity index (χ1v) is 8.37. The van der Waals surface area contributed by atoms with Gasteiger partial charge in [0.2, 0.25) is 11.7 Å². The molecule has 0 bridgehead atoms. The maximum absolute atomic E-state index is 12.3. The highest BCUT2D eigenvalue weighted by Crippen LogP contribution is 2.24. The third-order valence-corrected chi connectivity index (χ3v) is 4.19. The van der Waals surface area contributed by atoms with E-state index in [1.54, 1.807) is 6.07 Å². The fraction of sp³-hybridized carbons (Fsp3) is 0.222. The van der Waals surface area contributed by atoms with E-state index in [4.69, 9.17) is 11.6 Å². The Kier molecular flexibility index (Phi) is 5.09. The molecule has 0 spiro atoms. The molecule has 7 heteroatoms. The summed E-state index contributed by atoms with van der Waals surface area (Å²) in [4.78, 5) is 13.6. The van der Waals surface area contributed by atoms with Gasteiger partial charge in [-0.2, -0.15) is 4.80 Å². The molecule has 25 heavy (non-hydrogen) atoms. The molecule has 1 N–H and O–H groups in total. The maximum Gasteiger partial charge on any atom is 0.248 e. The standard InChI is InChI=1S/C18H18ClN5O/c1-3-13-8-6-7-12(2)17(13)20-16(25)11-24-22-18(21-23-24)14-9-4-5-10-15(14)19/h4-10H,3,11H2,1-2H3,(H,20,25). The summed E-state index contributed by atoms with van der Waals surface area (Å²) >= 11 is 6.14. The molecule has 1 heterocycles. The number of halogens is 1. The summed E-state index contributed by atoms with van der Waals surface area (Å²) in [5.41, 5.74) is 3.65. The molecule has 0 aliphatic heterocycles. The molecular formula is C18H18ClN5O. The number of aromatic nitrogens is 4. The van der Waals surface area contributed by atoms with E-state index in [-0.39, 0.29) is 12.5 Å². The average molecular weight is 356 g/mol. The number of nitrogens with one attached hydrogen (secondary N) is 1. The lowest BCUT2D eigenvalue weighted by molar-refractivity contribution is -0.117. The summed E-state index contributed by atoms with van der Waals surface area (Å²) in [6.45, 7) is 4.01. The summed E-state index contributed by atoms with van der Waals surface area (Å²) in [5, 5.41) is 15.6. The van der Waals surface area contributed by atoms with Gasteiger partial charge in [0.15, 0.2) is 0 Å². The fourth-order valence-electron chi connectivity index (χ4n) is 2.57. The van der Waals surface area contributed by atoms with Crippen LogP contribution in [0.3, 0.4) is 0 Å². The van der Waals surface area contributed by atoms with E-state index >= 15 is 0 Å². The highest BCUT2D eigenvalue weighted by molar-refractivity contribution is 6.33. The van der Waals surface area contributed by atoms with Crippen LogP contribution in [0.15, 0.2) is 42.5 Å². The van der Waals surface area contributed by atoms with Gasteiger partial charge >= 0.3 is 0 Å². The predicted octanol–water partition coefficient (Wildman–Crippen LogP) is 3.50. The number of carbonyl (C=O) groups is 1. The van der Waals surface area contributed by atoms with Crippen LogP contribution in [0, 0.1) is 6.92 Å². The smallest absolute Gasteiger partial charge is 0.248 e. The summed E-state index contributed by atoms with van der Waals surface area (Å²) in [6.07, 6.45) is 0.843.